The molecule has 6 heteroatoms. The third-order valence-corrected chi connectivity index (χ3v) is 4.45. The third kappa shape index (κ3) is 3.57. The Morgan fingerprint density at radius 1 is 1.28 bits per heavy atom. The zero-order valence-electron chi connectivity index (χ0n) is 15.4. The molecular weight excluding hydrogens is 316 g/mol. The second-order valence-corrected chi connectivity index (χ2v) is 6.55. The van der Waals surface area contributed by atoms with E-state index in [1.54, 1.807) is 0 Å². The number of furan rings is 1. The number of rotatable bonds is 5. The van der Waals surface area contributed by atoms with Crippen molar-refractivity contribution in [3.05, 3.63) is 52.4 Å². The summed E-state index contributed by atoms with van der Waals surface area (Å²) in [7, 11) is 0. The van der Waals surface area contributed by atoms with Gasteiger partial charge in [0, 0.05) is 23.9 Å². The lowest BCUT2D eigenvalue weighted by molar-refractivity contribution is -0.121. The molecular formula is C19H24N4O2. The minimum atomic E-state index is -0.141. The number of hydrogen-bond donors (Lipinski definition) is 1. The van der Waals surface area contributed by atoms with E-state index in [1.165, 1.54) is 0 Å². The summed E-state index contributed by atoms with van der Waals surface area (Å²) in [6.07, 6.45) is 1.04. The number of carbonyl (C=O) groups excluding carboxylic acids is 1. The van der Waals surface area contributed by atoms with Crippen LogP contribution < -0.4 is 5.32 Å². The summed E-state index contributed by atoms with van der Waals surface area (Å²) >= 11 is 0. The van der Waals surface area contributed by atoms with Crippen LogP contribution in [0.2, 0.25) is 0 Å². The van der Waals surface area contributed by atoms with Crippen LogP contribution in [-0.4, -0.2) is 20.5 Å². The van der Waals surface area contributed by atoms with Gasteiger partial charge in [-0.1, -0.05) is 0 Å². The van der Waals surface area contributed by atoms with Crippen LogP contribution in [0.1, 0.15) is 53.6 Å². The minimum Gasteiger partial charge on any atom is -0.464 e. The van der Waals surface area contributed by atoms with E-state index < -0.39 is 0 Å². The highest BCUT2D eigenvalue weighted by atomic mass is 16.3. The molecule has 0 fully saturated rings. The average molecular weight is 340 g/mol. The second kappa shape index (κ2) is 6.70. The lowest BCUT2D eigenvalue weighted by Crippen LogP contribution is -2.26. The number of hydrogen-bond acceptors (Lipinski definition) is 4. The van der Waals surface area contributed by atoms with Gasteiger partial charge < -0.3 is 9.73 Å². The van der Waals surface area contributed by atoms with Crippen LogP contribution in [0, 0.1) is 27.7 Å². The van der Waals surface area contributed by atoms with Crippen molar-refractivity contribution < 1.29 is 9.21 Å². The summed E-state index contributed by atoms with van der Waals surface area (Å²) in [6, 6.07) is 5.62. The predicted octanol–water partition coefficient (Wildman–Crippen LogP) is 3.37. The van der Waals surface area contributed by atoms with Gasteiger partial charge in [-0.15, -0.1) is 0 Å². The summed E-state index contributed by atoms with van der Waals surface area (Å²) in [5, 5.41) is 7.46. The summed E-state index contributed by atoms with van der Waals surface area (Å²) < 4.78 is 7.41. The number of nitrogens with one attached hydrogen (secondary N) is 1. The zero-order chi connectivity index (χ0) is 18.1. The van der Waals surface area contributed by atoms with Crippen molar-refractivity contribution in [2.24, 2.45) is 0 Å². The molecule has 0 spiro atoms. The fourth-order valence-electron chi connectivity index (χ4n) is 3.11. The molecule has 0 aliphatic heterocycles. The van der Waals surface area contributed by atoms with E-state index in [0.717, 1.165) is 39.8 Å². The predicted molar refractivity (Wildman–Crippen MR) is 95.5 cm³/mol. The summed E-state index contributed by atoms with van der Waals surface area (Å²) in [6.45, 7) is 9.78. The van der Waals surface area contributed by atoms with Crippen molar-refractivity contribution in [1.82, 2.24) is 19.9 Å². The molecule has 3 aromatic heterocycles. The van der Waals surface area contributed by atoms with Crippen LogP contribution in [0.3, 0.4) is 0 Å². The molecule has 0 saturated heterocycles. The Balaban J connectivity index is 1.68. The normalized spacial score (nSPS) is 12.5. The maximum atomic E-state index is 12.3. The molecule has 132 valence electrons. The molecule has 0 aromatic carbocycles. The summed E-state index contributed by atoms with van der Waals surface area (Å²) in [5.74, 6) is 1.61. The van der Waals surface area contributed by atoms with Crippen molar-refractivity contribution in [2.75, 3.05) is 0 Å². The summed E-state index contributed by atoms with van der Waals surface area (Å²) in [5.41, 5.74) is 4.85. The van der Waals surface area contributed by atoms with Gasteiger partial charge in [0.25, 0.3) is 0 Å². The number of fused-ring (bicyclic) bond motifs is 1. The van der Waals surface area contributed by atoms with Crippen LogP contribution in [0.4, 0.5) is 0 Å². The Hall–Kier alpha value is -2.63. The molecule has 1 atom stereocenters. The first kappa shape index (κ1) is 17.2. The molecule has 3 heterocycles. The molecule has 0 radical (unpaired) electrons. The standard InChI is InChI=1S/C19H24N4O2/c1-11-10-18-20-13(3)16(15(5)23(18)22-11)7-9-19(24)21-14(4)17-8-6-12(2)25-17/h6,8,10,14H,7,9H2,1-5H3,(H,21,24)/t14-/m1/s1. The van der Waals surface area contributed by atoms with E-state index in [0.29, 0.717) is 12.8 Å². The number of amides is 1. The van der Waals surface area contributed by atoms with E-state index in [4.69, 9.17) is 4.42 Å². The molecule has 3 rings (SSSR count). The van der Waals surface area contributed by atoms with Gasteiger partial charge in [0.05, 0.1) is 11.7 Å². The molecule has 6 nitrogen and oxygen atoms in total. The maximum absolute atomic E-state index is 12.3. The lowest BCUT2D eigenvalue weighted by atomic mass is 10.1. The molecule has 25 heavy (non-hydrogen) atoms. The third-order valence-electron chi connectivity index (χ3n) is 4.45. The van der Waals surface area contributed by atoms with Gasteiger partial charge in [0.2, 0.25) is 5.91 Å². The largest absolute Gasteiger partial charge is 0.464 e. The topological polar surface area (TPSA) is 72.4 Å². The molecule has 0 aliphatic carbocycles. The van der Waals surface area contributed by atoms with Crippen molar-refractivity contribution in [2.45, 2.75) is 53.5 Å². The Morgan fingerprint density at radius 2 is 2.04 bits per heavy atom. The van der Waals surface area contributed by atoms with Gasteiger partial charge >= 0.3 is 0 Å². The Morgan fingerprint density at radius 3 is 2.72 bits per heavy atom. The van der Waals surface area contributed by atoms with E-state index in [9.17, 15) is 4.79 Å². The molecule has 0 unspecified atom stereocenters. The maximum Gasteiger partial charge on any atom is 0.220 e. The molecule has 1 amide bonds. The van der Waals surface area contributed by atoms with Crippen molar-refractivity contribution >= 4 is 11.6 Å². The Labute approximate surface area is 147 Å². The van der Waals surface area contributed by atoms with E-state index >= 15 is 0 Å². The average Bonchev–Trinajstić information content (AvgIpc) is 3.12. The van der Waals surface area contributed by atoms with E-state index in [1.807, 2.05) is 57.3 Å². The van der Waals surface area contributed by atoms with Gasteiger partial charge in [0.1, 0.15) is 11.5 Å². The number of aryl methyl sites for hydroxylation is 4. The first-order valence-corrected chi connectivity index (χ1v) is 8.53. The van der Waals surface area contributed by atoms with E-state index in [2.05, 4.69) is 15.4 Å². The van der Waals surface area contributed by atoms with Crippen LogP contribution >= 0.6 is 0 Å². The van der Waals surface area contributed by atoms with Crippen molar-refractivity contribution in [1.29, 1.82) is 0 Å². The summed E-state index contributed by atoms with van der Waals surface area (Å²) in [4.78, 5) is 16.9. The van der Waals surface area contributed by atoms with Gasteiger partial charge in [-0.3, -0.25) is 4.79 Å². The zero-order valence-corrected chi connectivity index (χ0v) is 15.4. The second-order valence-electron chi connectivity index (χ2n) is 6.55. The Bertz CT molecular complexity index is 923. The van der Waals surface area contributed by atoms with Crippen LogP contribution in [0.5, 0.6) is 0 Å². The number of carbonyl (C=O) groups is 1. The lowest BCUT2D eigenvalue weighted by Gasteiger charge is -2.13. The smallest absolute Gasteiger partial charge is 0.220 e. The minimum absolute atomic E-state index is 0.00269. The van der Waals surface area contributed by atoms with Crippen molar-refractivity contribution in [3.8, 4) is 0 Å². The van der Waals surface area contributed by atoms with Crippen LogP contribution in [0.15, 0.2) is 22.6 Å². The van der Waals surface area contributed by atoms with Gasteiger partial charge in [-0.25, -0.2) is 9.50 Å². The fraction of sp³-hybridized carbons (Fsp3) is 0.421. The molecule has 0 saturated carbocycles. The Kier molecular flexibility index (Phi) is 4.61. The highest BCUT2D eigenvalue weighted by Gasteiger charge is 2.15. The number of aromatic nitrogens is 3. The quantitative estimate of drug-likeness (QED) is 0.773. The van der Waals surface area contributed by atoms with Crippen LogP contribution in [0.25, 0.3) is 5.65 Å². The SMILES string of the molecule is Cc1cc2nc(C)c(CCC(=O)N[C@H](C)c3ccc(C)o3)c(C)n2n1. The number of nitrogens with zero attached hydrogens (tertiary/aromatic N) is 3. The van der Waals surface area contributed by atoms with E-state index in [-0.39, 0.29) is 11.9 Å². The molecule has 1 N–H and O–H groups in total. The highest BCUT2D eigenvalue weighted by molar-refractivity contribution is 5.76. The first-order chi connectivity index (χ1) is 11.8. The molecule has 3 aromatic rings. The molecule has 0 bridgehead atoms. The van der Waals surface area contributed by atoms with Gasteiger partial charge in [-0.05, 0) is 58.7 Å². The first-order valence-electron chi connectivity index (χ1n) is 8.53. The fourth-order valence-corrected chi connectivity index (χ4v) is 3.11. The van der Waals surface area contributed by atoms with Crippen molar-refractivity contribution in [3.63, 3.8) is 0 Å². The molecule has 0 aliphatic rings. The monoisotopic (exact) mass is 340 g/mol. The van der Waals surface area contributed by atoms with Gasteiger partial charge in [0.15, 0.2) is 5.65 Å². The highest BCUT2D eigenvalue weighted by Crippen LogP contribution is 2.18. The van der Waals surface area contributed by atoms with Gasteiger partial charge in [-0.2, -0.15) is 5.10 Å². The van der Waals surface area contributed by atoms with Crippen LogP contribution in [-0.2, 0) is 11.2 Å².